The van der Waals surface area contributed by atoms with Gasteiger partial charge in [-0.3, -0.25) is 14.3 Å². The second-order valence-corrected chi connectivity index (χ2v) is 6.44. The van der Waals surface area contributed by atoms with Gasteiger partial charge in [0.15, 0.2) is 16.6 Å². The Morgan fingerprint density at radius 2 is 2.24 bits per heavy atom. The van der Waals surface area contributed by atoms with Crippen LogP contribution in [0, 0.1) is 11.7 Å². The standard InChI is InChI=1S/C13H16N2O5S/c1-6-4-15(11(21)14-9(6)18)10-7-8(17)13(5-16,20-10)12(19-7)2-3-12/h4,7-8,10,16-17H,2-3,5H2,1H3,(H,14,18,21)/t7-,8+,10-,13-/m1/s1. The second-order valence-electron chi connectivity index (χ2n) is 6.06. The third-order valence-electron chi connectivity index (χ3n) is 4.89. The SMILES string of the molecule is Cc1cn([C@@H]2O[C@]3(CO)[C@@H](O)[C@H]2OC32CC2)c(=S)[nH]c1=O. The maximum absolute atomic E-state index is 11.6. The molecule has 3 aliphatic rings. The van der Waals surface area contributed by atoms with Crippen LogP contribution in [-0.2, 0) is 9.47 Å². The zero-order valence-corrected chi connectivity index (χ0v) is 12.2. The van der Waals surface area contributed by atoms with E-state index in [9.17, 15) is 15.0 Å². The maximum Gasteiger partial charge on any atom is 0.254 e. The molecule has 1 aliphatic carbocycles. The highest BCUT2D eigenvalue weighted by Gasteiger charge is 2.78. The summed E-state index contributed by atoms with van der Waals surface area (Å²) < 4.78 is 13.7. The molecule has 0 amide bonds. The number of aryl methyl sites for hydroxylation is 1. The Morgan fingerprint density at radius 1 is 1.52 bits per heavy atom. The molecule has 4 atom stereocenters. The van der Waals surface area contributed by atoms with E-state index in [-0.39, 0.29) is 16.9 Å². The zero-order valence-electron chi connectivity index (χ0n) is 11.4. The average Bonchev–Trinajstić information content (AvgIpc) is 3.12. The Kier molecular flexibility index (Phi) is 2.60. The molecule has 3 fully saturated rings. The molecule has 2 saturated heterocycles. The highest BCUT2D eigenvalue weighted by molar-refractivity contribution is 7.71. The summed E-state index contributed by atoms with van der Waals surface area (Å²) in [6.07, 6.45) is 0.961. The summed E-state index contributed by atoms with van der Waals surface area (Å²) in [5.74, 6) is 0. The number of aromatic amines is 1. The van der Waals surface area contributed by atoms with Gasteiger partial charge in [-0.05, 0) is 32.0 Å². The highest BCUT2D eigenvalue weighted by Crippen LogP contribution is 2.63. The Morgan fingerprint density at radius 3 is 2.86 bits per heavy atom. The lowest BCUT2D eigenvalue weighted by molar-refractivity contribution is -0.235. The molecule has 2 bridgehead atoms. The van der Waals surface area contributed by atoms with Crippen LogP contribution in [0.2, 0.25) is 0 Å². The number of fused-ring (bicyclic) bond motifs is 3. The smallest absolute Gasteiger partial charge is 0.254 e. The van der Waals surface area contributed by atoms with E-state index < -0.39 is 29.6 Å². The van der Waals surface area contributed by atoms with Crippen molar-refractivity contribution in [3.63, 3.8) is 0 Å². The number of aliphatic hydroxyl groups excluding tert-OH is 2. The first-order chi connectivity index (χ1) is 9.94. The number of aromatic nitrogens is 2. The second kappa shape index (κ2) is 4.02. The Balaban J connectivity index is 1.79. The highest BCUT2D eigenvalue weighted by atomic mass is 32.1. The van der Waals surface area contributed by atoms with Crippen molar-refractivity contribution in [1.82, 2.24) is 9.55 Å². The summed E-state index contributed by atoms with van der Waals surface area (Å²) in [5.41, 5.74) is -1.43. The normalized spacial score (nSPS) is 39.1. The van der Waals surface area contributed by atoms with Gasteiger partial charge in [0.25, 0.3) is 5.56 Å². The molecule has 3 N–H and O–H groups in total. The molecule has 1 aromatic heterocycles. The van der Waals surface area contributed by atoms with Crippen LogP contribution < -0.4 is 5.56 Å². The van der Waals surface area contributed by atoms with E-state index in [0.29, 0.717) is 5.56 Å². The molecule has 8 heteroatoms. The van der Waals surface area contributed by atoms with Crippen molar-refractivity contribution in [1.29, 1.82) is 0 Å². The van der Waals surface area contributed by atoms with Gasteiger partial charge in [-0.2, -0.15) is 0 Å². The van der Waals surface area contributed by atoms with Gasteiger partial charge in [-0.1, -0.05) is 0 Å². The van der Waals surface area contributed by atoms with Crippen molar-refractivity contribution >= 4 is 12.2 Å². The number of H-pyrrole nitrogens is 1. The first-order valence-electron chi connectivity index (χ1n) is 6.91. The van der Waals surface area contributed by atoms with Crippen LogP contribution in [0.4, 0.5) is 0 Å². The summed E-state index contributed by atoms with van der Waals surface area (Å²) >= 11 is 5.16. The number of nitrogens with zero attached hydrogens (tertiary/aromatic N) is 1. The number of rotatable bonds is 2. The molecule has 0 unspecified atom stereocenters. The molecule has 21 heavy (non-hydrogen) atoms. The van der Waals surface area contributed by atoms with Gasteiger partial charge in [-0.15, -0.1) is 0 Å². The predicted molar refractivity (Wildman–Crippen MR) is 73.4 cm³/mol. The van der Waals surface area contributed by atoms with Gasteiger partial charge in [0.05, 0.1) is 6.61 Å². The van der Waals surface area contributed by atoms with E-state index in [4.69, 9.17) is 21.7 Å². The molecule has 2 aliphatic heterocycles. The van der Waals surface area contributed by atoms with Crippen LogP contribution >= 0.6 is 12.2 Å². The number of hydrogen-bond acceptors (Lipinski definition) is 6. The van der Waals surface area contributed by atoms with Gasteiger partial charge < -0.3 is 19.7 Å². The number of nitrogens with one attached hydrogen (secondary N) is 1. The molecular formula is C13H16N2O5S. The minimum Gasteiger partial charge on any atom is -0.393 e. The average molecular weight is 312 g/mol. The fourth-order valence-corrected chi connectivity index (χ4v) is 3.80. The van der Waals surface area contributed by atoms with E-state index in [0.717, 1.165) is 12.8 Å². The van der Waals surface area contributed by atoms with Crippen LogP contribution in [0.3, 0.4) is 0 Å². The third-order valence-corrected chi connectivity index (χ3v) is 5.21. The summed E-state index contributed by atoms with van der Waals surface area (Å²) in [7, 11) is 0. The Hall–Kier alpha value is -1.06. The predicted octanol–water partition coefficient (Wildman–Crippen LogP) is -0.233. The number of hydrogen-bond donors (Lipinski definition) is 3. The lowest BCUT2D eigenvalue weighted by Gasteiger charge is -2.37. The lowest BCUT2D eigenvalue weighted by atomic mass is 9.91. The minimum atomic E-state index is -1.10. The van der Waals surface area contributed by atoms with E-state index in [1.807, 2.05) is 0 Å². The molecule has 3 heterocycles. The van der Waals surface area contributed by atoms with Crippen molar-refractivity contribution in [3.05, 3.63) is 26.9 Å². The van der Waals surface area contributed by atoms with Gasteiger partial charge >= 0.3 is 0 Å². The molecule has 7 nitrogen and oxygen atoms in total. The van der Waals surface area contributed by atoms with E-state index >= 15 is 0 Å². The van der Waals surface area contributed by atoms with Gasteiger partial charge in [-0.25, -0.2) is 0 Å². The molecule has 0 aromatic carbocycles. The maximum atomic E-state index is 11.6. The third kappa shape index (κ3) is 1.51. The van der Waals surface area contributed by atoms with Crippen LogP contribution in [-0.4, -0.2) is 49.8 Å². The largest absolute Gasteiger partial charge is 0.393 e. The van der Waals surface area contributed by atoms with Crippen LogP contribution in [0.1, 0.15) is 24.6 Å². The van der Waals surface area contributed by atoms with Gasteiger partial charge in [0.1, 0.15) is 17.8 Å². The monoisotopic (exact) mass is 312 g/mol. The fourth-order valence-electron chi connectivity index (χ4n) is 3.55. The van der Waals surface area contributed by atoms with Crippen molar-refractivity contribution in [2.24, 2.45) is 0 Å². The van der Waals surface area contributed by atoms with E-state index in [1.165, 1.54) is 0 Å². The summed E-state index contributed by atoms with van der Waals surface area (Å²) in [6, 6.07) is 0. The molecule has 0 radical (unpaired) electrons. The Labute approximate surface area is 125 Å². The zero-order chi connectivity index (χ0) is 15.0. The van der Waals surface area contributed by atoms with Crippen molar-refractivity contribution < 1.29 is 19.7 Å². The molecular weight excluding hydrogens is 296 g/mol. The van der Waals surface area contributed by atoms with E-state index in [1.54, 1.807) is 17.7 Å². The summed E-state index contributed by atoms with van der Waals surface area (Å²) in [6.45, 7) is 1.36. The molecule has 1 spiro atoms. The van der Waals surface area contributed by atoms with E-state index in [2.05, 4.69) is 4.98 Å². The summed E-state index contributed by atoms with van der Waals surface area (Å²) in [4.78, 5) is 14.1. The van der Waals surface area contributed by atoms with Crippen molar-refractivity contribution in [2.45, 2.75) is 49.4 Å². The van der Waals surface area contributed by atoms with Gasteiger partial charge in [0, 0.05) is 11.8 Å². The quantitative estimate of drug-likeness (QED) is 0.653. The minimum absolute atomic E-state index is 0.205. The first-order valence-corrected chi connectivity index (χ1v) is 7.32. The van der Waals surface area contributed by atoms with Crippen LogP contribution in [0.5, 0.6) is 0 Å². The molecule has 1 saturated carbocycles. The lowest BCUT2D eigenvalue weighted by Crippen LogP contribution is -2.52. The number of ether oxygens (including phenoxy) is 2. The molecule has 4 rings (SSSR count). The molecule has 1 aromatic rings. The number of aliphatic hydroxyl groups is 2. The van der Waals surface area contributed by atoms with Crippen molar-refractivity contribution in [3.8, 4) is 0 Å². The fraction of sp³-hybridized carbons (Fsp3) is 0.692. The first kappa shape index (κ1) is 13.6. The van der Waals surface area contributed by atoms with Crippen molar-refractivity contribution in [2.75, 3.05) is 6.61 Å². The van der Waals surface area contributed by atoms with Gasteiger partial charge in [0.2, 0.25) is 0 Å². The Bertz CT molecular complexity index is 724. The topological polar surface area (TPSA) is 96.7 Å². The molecule has 114 valence electrons. The van der Waals surface area contributed by atoms with Crippen LogP contribution in [0.25, 0.3) is 0 Å². The van der Waals surface area contributed by atoms with Crippen LogP contribution in [0.15, 0.2) is 11.0 Å². The summed E-state index contributed by atoms with van der Waals surface area (Å²) in [5, 5.41) is 20.2.